The van der Waals surface area contributed by atoms with Gasteiger partial charge in [-0.2, -0.15) is 0 Å². The van der Waals surface area contributed by atoms with Gasteiger partial charge in [0.2, 0.25) is 10.0 Å². The van der Waals surface area contributed by atoms with Crippen LogP contribution in [0, 0.1) is 0 Å². The standard InChI is InChI=1S/C22H29N3O4S/c1-15(2)30(27,28)24-20-7-5-18(6-8-20)22(26)23-19-9-11-21(12-10-19)25-13-16(3)29-17(4)14-25/h5-12,15-17,24H,13-14H2,1-4H3,(H,23,26)/t16-,17-/m1/s1. The zero-order valence-corrected chi connectivity index (χ0v) is 18.6. The molecule has 2 atom stereocenters. The molecule has 1 saturated heterocycles. The monoisotopic (exact) mass is 431 g/mol. The van der Waals surface area contributed by atoms with Gasteiger partial charge in [-0.05, 0) is 76.2 Å². The third kappa shape index (κ3) is 5.52. The summed E-state index contributed by atoms with van der Waals surface area (Å²) >= 11 is 0. The van der Waals surface area contributed by atoms with Crippen LogP contribution in [0.3, 0.4) is 0 Å². The molecule has 2 aromatic rings. The second-order valence-corrected chi connectivity index (χ2v) is 10.2. The number of anilines is 3. The number of amides is 1. The molecule has 0 aromatic heterocycles. The minimum Gasteiger partial charge on any atom is -0.372 e. The van der Waals surface area contributed by atoms with Crippen LogP contribution < -0.4 is 14.9 Å². The fraction of sp³-hybridized carbons (Fsp3) is 0.409. The number of hydrogen-bond acceptors (Lipinski definition) is 5. The van der Waals surface area contributed by atoms with Gasteiger partial charge in [-0.25, -0.2) is 8.42 Å². The smallest absolute Gasteiger partial charge is 0.255 e. The predicted molar refractivity (Wildman–Crippen MR) is 121 cm³/mol. The molecule has 30 heavy (non-hydrogen) atoms. The molecular weight excluding hydrogens is 402 g/mol. The number of carbonyl (C=O) groups excluding carboxylic acids is 1. The highest BCUT2D eigenvalue weighted by molar-refractivity contribution is 7.93. The summed E-state index contributed by atoms with van der Waals surface area (Å²) in [5, 5.41) is 2.34. The van der Waals surface area contributed by atoms with E-state index >= 15 is 0 Å². The molecular formula is C22H29N3O4S. The van der Waals surface area contributed by atoms with Crippen LogP contribution in [-0.4, -0.2) is 44.9 Å². The molecule has 8 heteroatoms. The molecule has 3 rings (SSSR count). The lowest BCUT2D eigenvalue weighted by Gasteiger charge is -2.36. The molecule has 1 aliphatic heterocycles. The van der Waals surface area contributed by atoms with Gasteiger partial charge in [-0.1, -0.05) is 0 Å². The van der Waals surface area contributed by atoms with Crippen LogP contribution in [-0.2, 0) is 14.8 Å². The van der Waals surface area contributed by atoms with Crippen LogP contribution in [0.5, 0.6) is 0 Å². The Morgan fingerprint density at radius 1 is 0.967 bits per heavy atom. The molecule has 0 saturated carbocycles. The van der Waals surface area contributed by atoms with Crippen molar-refractivity contribution in [2.24, 2.45) is 0 Å². The molecule has 2 N–H and O–H groups in total. The third-order valence-electron chi connectivity index (χ3n) is 4.94. The molecule has 0 bridgehead atoms. The summed E-state index contributed by atoms with van der Waals surface area (Å²) in [6.45, 7) is 9.02. The number of benzene rings is 2. The summed E-state index contributed by atoms with van der Waals surface area (Å²) in [6.07, 6.45) is 0.363. The SMILES string of the molecule is CC(C)S(=O)(=O)Nc1ccc(C(=O)Nc2ccc(N3C[C@@H](C)O[C@H](C)C3)cc2)cc1. The quantitative estimate of drug-likeness (QED) is 0.728. The summed E-state index contributed by atoms with van der Waals surface area (Å²) < 4.78 is 32.2. The van der Waals surface area contributed by atoms with E-state index in [0.717, 1.165) is 18.8 Å². The first-order valence-corrected chi connectivity index (χ1v) is 11.6. The van der Waals surface area contributed by atoms with E-state index in [1.54, 1.807) is 38.1 Å². The van der Waals surface area contributed by atoms with Crippen molar-refractivity contribution in [3.63, 3.8) is 0 Å². The molecule has 0 radical (unpaired) electrons. The van der Waals surface area contributed by atoms with Crippen molar-refractivity contribution in [1.82, 2.24) is 0 Å². The summed E-state index contributed by atoms with van der Waals surface area (Å²) in [6, 6.07) is 14.1. The molecule has 0 spiro atoms. The topological polar surface area (TPSA) is 87.7 Å². The molecule has 162 valence electrons. The van der Waals surface area contributed by atoms with Gasteiger partial charge in [-0.15, -0.1) is 0 Å². The van der Waals surface area contributed by atoms with Crippen LogP contribution in [0.25, 0.3) is 0 Å². The summed E-state index contributed by atoms with van der Waals surface area (Å²) in [5.74, 6) is -0.255. The maximum Gasteiger partial charge on any atom is 0.255 e. The molecule has 1 amide bonds. The van der Waals surface area contributed by atoms with E-state index in [2.05, 4.69) is 28.8 Å². The second kappa shape index (κ2) is 9.06. The van der Waals surface area contributed by atoms with E-state index in [4.69, 9.17) is 4.74 Å². The van der Waals surface area contributed by atoms with Crippen molar-refractivity contribution in [3.8, 4) is 0 Å². The maximum absolute atomic E-state index is 12.5. The lowest BCUT2D eigenvalue weighted by molar-refractivity contribution is -0.00521. The van der Waals surface area contributed by atoms with E-state index in [1.807, 2.05) is 24.3 Å². The van der Waals surface area contributed by atoms with Crippen LogP contribution in [0.15, 0.2) is 48.5 Å². The first-order chi connectivity index (χ1) is 14.1. The van der Waals surface area contributed by atoms with Gasteiger partial charge in [0, 0.05) is 35.7 Å². The Morgan fingerprint density at radius 2 is 1.50 bits per heavy atom. The van der Waals surface area contributed by atoms with Crippen LogP contribution in [0.2, 0.25) is 0 Å². The van der Waals surface area contributed by atoms with Gasteiger partial charge in [0.1, 0.15) is 0 Å². The van der Waals surface area contributed by atoms with Gasteiger partial charge in [0.25, 0.3) is 5.91 Å². The number of carbonyl (C=O) groups is 1. The van der Waals surface area contributed by atoms with Crippen LogP contribution in [0.4, 0.5) is 17.1 Å². The molecule has 1 heterocycles. The Hall–Kier alpha value is -2.58. The average Bonchev–Trinajstić information content (AvgIpc) is 2.68. The highest BCUT2D eigenvalue weighted by Gasteiger charge is 2.22. The second-order valence-electron chi connectivity index (χ2n) is 7.94. The number of hydrogen-bond donors (Lipinski definition) is 2. The molecule has 0 aliphatic carbocycles. The third-order valence-corrected chi connectivity index (χ3v) is 6.70. The van der Waals surface area contributed by atoms with E-state index in [0.29, 0.717) is 16.9 Å². The van der Waals surface area contributed by atoms with Gasteiger partial charge < -0.3 is 15.0 Å². The van der Waals surface area contributed by atoms with Gasteiger partial charge in [0.15, 0.2) is 0 Å². The fourth-order valence-corrected chi connectivity index (χ4v) is 4.02. The minimum absolute atomic E-state index is 0.182. The summed E-state index contributed by atoms with van der Waals surface area (Å²) in [5.41, 5.74) is 2.67. The zero-order valence-electron chi connectivity index (χ0n) is 17.8. The van der Waals surface area contributed by atoms with Crippen molar-refractivity contribution >= 4 is 33.0 Å². The van der Waals surface area contributed by atoms with Crippen molar-refractivity contribution in [2.75, 3.05) is 28.0 Å². The Labute approximate surface area is 178 Å². The van der Waals surface area contributed by atoms with Crippen molar-refractivity contribution < 1.29 is 17.9 Å². The van der Waals surface area contributed by atoms with Crippen molar-refractivity contribution in [2.45, 2.75) is 45.2 Å². The van der Waals surface area contributed by atoms with Crippen molar-refractivity contribution in [1.29, 1.82) is 0 Å². The summed E-state index contributed by atoms with van der Waals surface area (Å²) in [4.78, 5) is 14.8. The van der Waals surface area contributed by atoms with Gasteiger partial charge >= 0.3 is 0 Å². The van der Waals surface area contributed by atoms with Gasteiger partial charge in [-0.3, -0.25) is 9.52 Å². The van der Waals surface area contributed by atoms with Crippen LogP contribution >= 0.6 is 0 Å². The first-order valence-electron chi connectivity index (χ1n) is 10.1. The number of rotatable bonds is 6. The number of nitrogens with one attached hydrogen (secondary N) is 2. The Bertz CT molecular complexity index is 962. The fourth-order valence-electron chi connectivity index (χ4n) is 3.32. The normalized spacial score (nSPS) is 19.6. The zero-order chi connectivity index (χ0) is 21.9. The number of morpholine rings is 1. The Kier molecular flexibility index (Phi) is 6.67. The molecule has 1 fully saturated rings. The Morgan fingerprint density at radius 3 is 2.03 bits per heavy atom. The molecule has 0 unspecified atom stereocenters. The lowest BCUT2D eigenvalue weighted by Crippen LogP contribution is -2.45. The van der Waals surface area contributed by atoms with E-state index in [-0.39, 0.29) is 18.1 Å². The van der Waals surface area contributed by atoms with Crippen molar-refractivity contribution in [3.05, 3.63) is 54.1 Å². The minimum atomic E-state index is -3.42. The molecule has 7 nitrogen and oxygen atoms in total. The van der Waals surface area contributed by atoms with E-state index < -0.39 is 15.3 Å². The Balaban J connectivity index is 1.62. The largest absolute Gasteiger partial charge is 0.372 e. The van der Waals surface area contributed by atoms with E-state index in [9.17, 15) is 13.2 Å². The van der Waals surface area contributed by atoms with Crippen LogP contribution in [0.1, 0.15) is 38.1 Å². The highest BCUT2D eigenvalue weighted by atomic mass is 32.2. The molecule has 1 aliphatic rings. The summed E-state index contributed by atoms with van der Waals surface area (Å²) in [7, 11) is -3.42. The number of ether oxygens (including phenoxy) is 1. The molecule has 2 aromatic carbocycles. The van der Waals surface area contributed by atoms with Gasteiger partial charge in [0.05, 0.1) is 17.5 Å². The highest BCUT2D eigenvalue weighted by Crippen LogP contribution is 2.23. The maximum atomic E-state index is 12.5. The average molecular weight is 432 g/mol. The first kappa shape index (κ1) is 22.1. The number of nitrogens with zero attached hydrogens (tertiary/aromatic N) is 1. The van der Waals surface area contributed by atoms with E-state index in [1.165, 1.54) is 0 Å². The predicted octanol–water partition coefficient (Wildman–Crippen LogP) is 3.70. The number of sulfonamides is 1. The lowest BCUT2D eigenvalue weighted by atomic mass is 10.1.